The molecule has 0 amide bonds. The lowest BCUT2D eigenvalue weighted by atomic mass is 10.3. The van der Waals surface area contributed by atoms with E-state index in [2.05, 4.69) is 0 Å². The van der Waals surface area contributed by atoms with E-state index < -0.39 is 37.6 Å². The molecule has 2 atom stereocenters. The third-order valence-electron chi connectivity index (χ3n) is 4.34. The Kier molecular flexibility index (Phi) is 10.1. The van der Waals surface area contributed by atoms with Gasteiger partial charge in [0.05, 0.1) is 31.5 Å². The first kappa shape index (κ1) is 28.0. The number of halogens is 3. The molecule has 2 rings (SSSR count). The Hall–Kier alpha value is -1.27. The third kappa shape index (κ3) is 7.88. The molecule has 0 saturated heterocycles. The summed E-state index contributed by atoms with van der Waals surface area (Å²) < 4.78 is 59.7. The van der Waals surface area contributed by atoms with Crippen molar-refractivity contribution in [3.8, 4) is 11.5 Å². The average Bonchev–Trinajstić information content (AvgIpc) is 2.76. The zero-order valence-electron chi connectivity index (χ0n) is 17.4. The fraction of sp³-hybridized carbons (Fsp3) is 0.400. The third-order valence-corrected chi connectivity index (χ3v) is 8.78. The number of aliphatic hydroxyl groups excluding tert-OH is 2. The van der Waals surface area contributed by atoms with Crippen LogP contribution in [0.4, 0.5) is 0 Å². The Morgan fingerprint density at radius 3 is 1.94 bits per heavy atom. The number of alkyl halides is 1. The molecular formula is C20H23Cl3O8S2. The minimum Gasteiger partial charge on any atom is -0.491 e. The van der Waals surface area contributed by atoms with Crippen LogP contribution >= 0.6 is 34.8 Å². The number of benzene rings is 2. The number of aliphatic hydroxyl groups is 2. The van der Waals surface area contributed by atoms with E-state index in [0.717, 1.165) is 0 Å². The molecule has 0 saturated carbocycles. The first-order chi connectivity index (χ1) is 15.4. The van der Waals surface area contributed by atoms with E-state index in [-0.39, 0.29) is 56.2 Å². The van der Waals surface area contributed by atoms with Crippen LogP contribution in [0, 0.1) is 0 Å². The van der Waals surface area contributed by atoms with Gasteiger partial charge >= 0.3 is 0 Å². The van der Waals surface area contributed by atoms with E-state index in [0.29, 0.717) is 0 Å². The summed E-state index contributed by atoms with van der Waals surface area (Å²) in [6.45, 7) is 1.04. The Balaban J connectivity index is 2.14. The summed E-state index contributed by atoms with van der Waals surface area (Å²) in [5.74, 6) is -0.304. The number of sulfone groups is 2. The zero-order chi connectivity index (χ0) is 24.8. The molecule has 0 aliphatic carbocycles. The SMILES string of the molecule is CCS(=O)(=O)CC(O)COc1ccc(S(=O)(=O)c2cc(Cl)c(OCC(O)CCl)c(Cl)c2)cc1. The van der Waals surface area contributed by atoms with Crippen LogP contribution in [0.2, 0.25) is 10.0 Å². The highest BCUT2D eigenvalue weighted by Crippen LogP contribution is 2.37. The standard InChI is InChI=1S/C20H23Cl3O8S2/c1-2-32(26,27)12-14(25)11-30-15-3-5-16(6-4-15)33(28,29)17-7-18(22)20(19(23)8-17)31-10-13(24)9-21/h3-8,13-14,24-25H,2,9-12H2,1H3. The number of hydrogen-bond donors (Lipinski definition) is 2. The summed E-state index contributed by atoms with van der Waals surface area (Å²) in [7, 11) is -7.35. The van der Waals surface area contributed by atoms with Crippen molar-refractivity contribution in [3.63, 3.8) is 0 Å². The highest BCUT2D eigenvalue weighted by atomic mass is 35.5. The van der Waals surface area contributed by atoms with Crippen molar-refractivity contribution in [2.45, 2.75) is 28.9 Å². The maximum Gasteiger partial charge on any atom is 0.206 e. The van der Waals surface area contributed by atoms with Crippen molar-refractivity contribution in [1.29, 1.82) is 0 Å². The van der Waals surface area contributed by atoms with Gasteiger partial charge in [-0.2, -0.15) is 0 Å². The number of hydrogen-bond acceptors (Lipinski definition) is 8. The highest BCUT2D eigenvalue weighted by molar-refractivity contribution is 7.91. The largest absolute Gasteiger partial charge is 0.491 e. The van der Waals surface area contributed by atoms with Gasteiger partial charge in [0.2, 0.25) is 9.84 Å². The monoisotopic (exact) mass is 560 g/mol. The lowest BCUT2D eigenvalue weighted by molar-refractivity contribution is 0.125. The van der Waals surface area contributed by atoms with Crippen molar-refractivity contribution >= 4 is 54.5 Å². The van der Waals surface area contributed by atoms with Crippen molar-refractivity contribution in [3.05, 3.63) is 46.4 Å². The Labute approximate surface area is 207 Å². The Morgan fingerprint density at radius 2 is 1.42 bits per heavy atom. The van der Waals surface area contributed by atoms with Crippen LogP contribution in [0.1, 0.15) is 6.92 Å². The van der Waals surface area contributed by atoms with E-state index in [1.54, 1.807) is 0 Å². The predicted octanol–water partition coefficient (Wildman–Crippen LogP) is 2.98. The second kappa shape index (κ2) is 11.9. The predicted molar refractivity (Wildman–Crippen MR) is 126 cm³/mol. The summed E-state index contributed by atoms with van der Waals surface area (Å²) in [4.78, 5) is -0.237. The van der Waals surface area contributed by atoms with Gasteiger partial charge < -0.3 is 19.7 Å². The molecule has 8 nitrogen and oxygen atoms in total. The van der Waals surface area contributed by atoms with Crippen LogP contribution in [0.5, 0.6) is 11.5 Å². The van der Waals surface area contributed by atoms with Crippen LogP contribution in [-0.4, -0.2) is 69.9 Å². The maximum absolute atomic E-state index is 13.0. The molecule has 0 aliphatic heterocycles. The topological polar surface area (TPSA) is 127 Å². The van der Waals surface area contributed by atoms with Crippen LogP contribution in [0.25, 0.3) is 0 Å². The second-order valence-corrected chi connectivity index (χ2v) is 12.4. The molecule has 0 aliphatic rings. The fourth-order valence-corrected chi connectivity index (χ4v) is 5.60. The average molecular weight is 562 g/mol. The lowest BCUT2D eigenvalue weighted by Crippen LogP contribution is -2.27. The minimum atomic E-state index is -3.99. The summed E-state index contributed by atoms with van der Waals surface area (Å²) in [6.07, 6.45) is -2.16. The molecule has 184 valence electrons. The Bertz CT molecular complexity index is 1130. The molecule has 0 bridgehead atoms. The maximum atomic E-state index is 13.0. The van der Waals surface area contributed by atoms with E-state index in [1.807, 2.05) is 0 Å². The molecule has 0 spiro atoms. The smallest absolute Gasteiger partial charge is 0.206 e. The van der Waals surface area contributed by atoms with Crippen molar-refractivity contribution in [2.75, 3.05) is 30.6 Å². The van der Waals surface area contributed by atoms with E-state index >= 15 is 0 Å². The summed E-state index contributed by atoms with van der Waals surface area (Å²) in [5.41, 5.74) is 0. The zero-order valence-corrected chi connectivity index (χ0v) is 21.3. The van der Waals surface area contributed by atoms with Gasteiger partial charge in [0, 0.05) is 5.75 Å². The molecule has 0 aromatic heterocycles. The minimum absolute atomic E-state index is 0.0221. The highest BCUT2D eigenvalue weighted by Gasteiger charge is 2.22. The lowest BCUT2D eigenvalue weighted by Gasteiger charge is -2.14. The van der Waals surface area contributed by atoms with Gasteiger partial charge in [0.1, 0.15) is 31.2 Å². The van der Waals surface area contributed by atoms with Gasteiger partial charge in [-0.1, -0.05) is 30.1 Å². The van der Waals surface area contributed by atoms with Crippen molar-refractivity contribution < 1.29 is 36.5 Å². The van der Waals surface area contributed by atoms with Gasteiger partial charge in [-0.15, -0.1) is 11.6 Å². The van der Waals surface area contributed by atoms with Crippen molar-refractivity contribution in [2.24, 2.45) is 0 Å². The summed E-state index contributed by atoms with van der Waals surface area (Å²) >= 11 is 17.8. The van der Waals surface area contributed by atoms with E-state index in [9.17, 15) is 27.0 Å². The van der Waals surface area contributed by atoms with Crippen LogP contribution in [0.15, 0.2) is 46.2 Å². The van der Waals surface area contributed by atoms with Gasteiger partial charge in [0.15, 0.2) is 15.6 Å². The van der Waals surface area contributed by atoms with Gasteiger partial charge in [0.25, 0.3) is 0 Å². The Morgan fingerprint density at radius 1 is 0.879 bits per heavy atom. The van der Waals surface area contributed by atoms with E-state index in [4.69, 9.17) is 44.3 Å². The van der Waals surface area contributed by atoms with Crippen LogP contribution < -0.4 is 9.47 Å². The van der Waals surface area contributed by atoms with Gasteiger partial charge in [-0.3, -0.25) is 0 Å². The molecule has 2 N–H and O–H groups in total. The molecule has 2 aromatic carbocycles. The second-order valence-electron chi connectivity index (χ2n) is 6.97. The molecule has 2 unspecified atom stereocenters. The molecule has 33 heavy (non-hydrogen) atoms. The molecule has 13 heteroatoms. The van der Waals surface area contributed by atoms with Crippen molar-refractivity contribution in [1.82, 2.24) is 0 Å². The van der Waals surface area contributed by atoms with Gasteiger partial charge in [-0.05, 0) is 36.4 Å². The molecule has 0 fully saturated rings. The molecular weight excluding hydrogens is 539 g/mol. The molecule has 0 heterocycles. The van der Waals surface area contributed by atoms with Gasteiger partial charge in [-0.25, -0.2) is 16.8 Å². The van der Waals surface area contributed by atoms with Crippen LogP contribution in [-0.2, 0) is 19.7 Å². The fourth-order valence-electron chi connectivity index (χ4n) is 2.56. The normalized spacial score (nSPS) is 14.0. The molecule has 0 radical (unpaired) electrons. The number of ether oxygens (including phenoxy) is 2. The first-order valence-electron chi connectivity index (χ1n) is 9.62. The first-order valence-corrected chi connectivity index (χ1v) is 14.2. The van der Waals surface area contributed by atoms with Crippen LogP contribution in [0.3, 0.4) is 0 Å². The number of rotatable bonds is 12. The molecule has 2 aromatic rings. The summed E-state index contributed by atoms with van der Waals surface area (Å²) in [5, 5.41) is 19.2. The van der Waals surface area contributed by atoms with E-state index in [1.165, 1.54) is 43.3 Å². The quantitative estimate of drug-likeness (QED) is 0.379. The summed E-state index contributed by atoms with van der Waals surface area (Å²) in [6, 6.07) is 7.70.